The third-order valence-corrected chi connectivity index (χ3v) is 16.5. The van der Waals surface area contributed by atoms with E-state index in [9.17, 15) is 28.8 Å². The molecule has 1 aromatic heterocycles. The minimum Gasteiger partial charge on any atom is -0.457 e. The number of likely N-dealkylation sites (tertiary alicyclic amines) is 3. The van der Waals surface area contributed by atoms with E-state index < -0.39 is 35.6 Å². The SMILES string of the molecule is NC(=O)c1c(-c2ccc(Oc3ccccc3)cc2)nn2c1NCCC2C1CCN(C2CCN(C(=O)N3CCC(C4CCN(c5ccc6c(c5)C(=O)N(C5CCC(=O)NC5=O)C6=O)CC4)CC3)CC2)CC1. The van der Waals surface area contributed by atoms with Crippen molar-refractivity contribution in [3.05, 3.63) is 89.5 Å². The minimum atomic E-state index is -0.977. The van der Waals surface area contributed by atoms with Gasteiger partial charge in [0.15, 0.2) is 0 Å². The number of nitrogens with one attached hydrogen (secondary N) is 2. The van der Waals surface area contributed by atoms with Crippen molar-refractivity contribution in [3.63, 3.8) is 0 Å². The molecule has 2 atom stereocenters. The van der Waals surface area contributed by atoms with Crippen LogP contribution in [0.4, 0.5) is 16.3 Å². The number of nitrogens with zero attached hydrogens (tertiary/aromatic N) is 7. The Labute approximate surface area is 407 Å². The van der Waals surface area contributed by atoms with Gasteiger partial charge in [-0.2, -0.15) is 5.10 Å². The number of aromatic nitrogens is 2. The lowest BCUT2D eigenvalue weighted by Crippen LogP contribution is -2.54. The topological polar surface area (TPSA) is 196 Å². The molecule has 0 bridgehead atoms. The van der Waals surface area contributed by atoms with Crippen LogP contribution in [0, 0.1) is 17.8 Å². The predicted octanol–water partition coefficient (Wildman–Crippen LogP) is 6.12. The van der Waals surface area contributed by atoms with Crippen LogP contribution in [0.1, 0.15) is 108 Å². The number of anilines is 2. The van der Waals surface area contributed by atoms with Crippen LogP contribution in [-0.4, -0.2) is 136 Å². The summed E-state index contributed by atoms with van der Waals surface area (Å²) in [5.74, 6) is 1.26. The highest BCUT2D eigenvalue weighted by molar-refractivity contribution is 6.23. The van der Waals surface area contributed by atoms with Gasteiger partial charge in [-0.05, 0) is 150 Å². The highest BCUT2D eigenvalue weighted by Gasteiger charge is 2.45. The lowest BCUT2D eigenvalue weighted by atomic mass is 9.78. The van der Waals surface area contributed by atoms with Gasteiger partial charge in [0.05, 0.1) is 17.2 Å². The smallest absolute Gasteiger partial charge is 0.319 e. The summed E-state index contributed by atoms with van der Waals surface area (Å²) in [6.45, 7) is 7.60. The Bertz CT molecular complexity index is 2660. The molecule has 2 unspecified atom stereocenters. The van der Waals surface area contributed by atoms with Gasteiger partial charge in [0, 0.05) is 69.5 Å². The molecule has 4 aromatic rings. The van der Waals surface area contributed by atoms with E-state index in [1.165, 1.54) is 0 Å². The lowest BCUT2D eigenvalue weighted by Gasteiger charge is -2.45. The molecule has 366 valence electrons. The first-order valence-corrected chi connectivity index (χ1v) is 25.5. The molecule has 0 spiro atoms. The summed E-state index contributed by atoms with van der Waals surface area (Å²) in [7, 11) is 0. The first kappa shape index (κ1) is 45.7. The van der Waals surface area contributed by atoms with E-state index in [2.05, 4.69) is 30.2 Å². The second kappa shape index (κ2) is 19.2. The van der Waals surface area contributed by atoms with Gasteiger partial charge in [-0.3, -0.25) is 34.2 Å². The van der Waals surface area contributed by atoms with Crippen LogP contribution in [0.2, 0.25) is 0 Å². The van der Waals surface area contributed by atoms with Crippen molar-refractivity contribution in [2.45, 2.75) is 88.8 Å². The third-order valence-electron chi connectivity index (χ3n) is 16.5. The van der Waals surface area contributed by atoms with Gasteiger partial charge in [0.1, 0.15) is 34.6 Å². The van der Waals surface area contributed by atoms with Gasteiger partial charge in [-0.25, -0.2) is 9.48 Å². The number of hydrogen-bond acceptors (Lipinski definition) is 11. The summed E-state index contributed by atoms with van der Waals surface area (Å²) in [5.41, 5.74) is 9.36. The molecule has 5 fully saturated rings. The van der Waals surface area contributed by atoms with Crippen LogP contribution < -0.4 is 26.0 Å². The molecule has 7 aliphatic heterocycles. The average molecular weight is 951 g/mol. The summed E-state index contributed by atoms with van der Waals surface area (Å²) in [4.78, 5) is 87.7. The van der Waals surface area contributed by atoms with Gasteiger partial charge in [-0.1, -0.05) is 18.2 Å². The number of carbonyl (C=O) groups is 6. The number of carbonyl (C=O) groups excluding carboxylic acids is 6. The van der Waals surface area contributed by atoms with Crippen molar-refractivity contribution in [2.75, 3.05) is 69.1 Å². The molecular formula is C53H62N10O7. The molecule has 17 heteroatoms. The maximum Gasteiger partial charge on any atom is 0.319 e. The van der Waals surface area contributed by atoms with Gasteiger partial charge >= 0.3 is 6.03 Å². The molecular weight excluding hydrogens is 889 g/mol. The molecule has 0 radical (unpaired) electrons. The molecule has 0 aliphatic carbocycles. The van der Waals surface area contributed by atoms with Crippen LogP contribution in [0.3, 0.4) is 0 Å². The Morgan fingerprint density at radius 3 is 1.96 bits per heavy atom. The maximum absolute atomic E-state index is 13.8. The van der Waals surface area contributed by atoms with Crippen molar-refractivity contribution in [3.8, 4) is 22.8 Å². The van der Waals surface area contributed by atoms with Crippen LogP contribution in [0.5, 0.6) is 11.5 Å². The number of nitrogens with two attached hydrogens (primary N) is 1. The van der Waals surface area contributed by atoms with E-state index in [1.54, 1.807) is 12.1 Å². The van der Waals surface area contributed by atoms with E-state index in [-0.39, 0.29) is 24.9 Å². The van der Waals surface area contributed by atoms with Crippen molar-refractivity contribution in [1.29, 1.82) is 0 Å². The quantitative estimate of drug-likeness (QED) is 0.164. The highest BCUT2D eigenvalue weighted by Crippen LogP contribution is 2.42. The molecule has 11 rings (SSSR count). The summed E-state index contributed by atoms with van der Waals surface area (Å²) >= 11 is 0. The number of piperidine rings is 5. The fourth-order valence-electron chi connectivity index (χ4n) is 12.6. The Balaban J connectivity index is 0.627. The number of fused-ring (bicyclic) bond motifs is 2. The van der Waals surface area contributed by atoms with Crippen molar-refractivity contribution in [1.82, 2.24) is 34.7 Å². The lowest BCUT2D eigenvalue weighted by molar-refractivity contribution is -0.136. The molecule has 0 saturated carbocycles. The Hall–Kier alpha value is -6.75. The number of ether oxygens (including phenoxy) is 1. The van der Waals surface area contributed by atoms with Gasteiger partial charge < -0.3 is 35.4 Å². The average Bonchev–Trinajstić information content (AvgIpc) is 3.91. The zero-order valence-corrected chi connectivity index (χ0v) is 39.6. The second-order valence-corrected chi connectivity index (χ2v) is 20.3. The molecule has 70 heavy (non-hydrogen) atoms. The number of imide groups is 2. The zero-order valence-electron chi connectivity index (χ0n) is 39.6. The Morgan fingerprint density at radius 2 is 1.29 bits per heavy atom. The minimum absolute atomic E-state index is 0.0898. The molecule has 7 amide bonds. The number of amides is 7. The van der Waals surface area contributed by atoms with E-state index >= 15 is 0 Å². The first-order chi connectivity index (χ1) is 34.1. The molecule has 7 aliphatic rings. The Kier molecular flexibility index (Phi) is 12.5. The number of benzene rings is 3. The number of urea groups is 1. The molecule has 5 saturated heterocycles. The number of para-hydroxylation sites is 1. The largest absolute Gasteiger partial charge is 0.457 e. The van der Waals surface area contributed by atoms with Gasteiger partial charge in [0.2, 0.25) is 11.8 Å². The molecule has 17 nitrogen and oxygen atoms in total. The van der Waals surface area contributed by atoms with E-state index in [0.29, 0.717) is 57.7 Å². The fourth-order valence-corrected chi connectivity index (χ4v) is 12.6. The zero-order chi connectivity index (χ0) is 48.0. The van der Waals surface area contributed by atoms with Crippen molar-refractivity contribution < 1.29 is 33.5 Å². The van der Waals surface area contributed by atoms with E-state index in [1.807, 2.05) is 65.3 Å². The molecule has 3 aromatic carbocycles. The monoisotopic (exact) mass is 950 g/mol. The summed E-state index contributed by atoms with van der Waals surface area (Å²) in [5, 5.41) is 10.8. The fraction of sp³-hybridized carbons (Fsp3) is 0.491. The third kappa shape index (κ3) is 8.77. The Morgan fingerprint density at radius 1 is 0.657 bits per heavy atom. The maximum atomic E-state index is 13.8. The van der Waals surface area contributed by atoms with Crippen LogP contribution in [-0.2, 0) is 9.59 Å². The van der Waals surface area contributed by atoms with E-state index in [0.717, 1.165) is 139 Å². The standard InChI is InChI=1S/C53H62N10O7/c54-48(65)46-47(36-6-9-40(10-7-36)70-39-4-2-1-3-5-39)57-63-43(14-23-55-49(46)63)35-19-26-58(27-20-35)37-21-30-61(31-22-37)53(69)60-28-17-34(18-29-60)33-15-24-59(25-16-33)38-8-11-41-42(32-38)52(68)62(51(41)67)44-12-13-45(64)56-50(44)66/h1-11,32-35,37,43-44,55H,12-31H2,(H2,54,65)(H,56,64,66). The second-order valence-electron chi connectivity index (χ2n) is 20.3. The predicted molar refractivity (Wildman–Crippen MR) is 261 cm³/mol. The van der Waals surface area contributed by atoms with Crippen molar-refractivity contribution >= 4 is 47.1 Å². The van der Waals surface area contributed by atoms with Crippen molar-refractivity contribution in [2.24, 2.45) is 23.5 Å². The summed E-state index contributed by atoms with van der Waals surface area (Å²) in [6, 6.07) is 22.5. The summed E-state index contributed by atoms with van der Waals surface area (Å²) < 4.78 is 8.04. The normalized spacial score (nSPS) is 23.3. The number of hydrogen-bond donors (Lipinski definition) is 3. The van der Waals surface area contributed by atoms with Crippen LogP contribution in [0.25, 0.3) is 11.3 Å². The van der Waals surface area contributed by atoms with Gasteiger partial charge in [-0.15, -0.1) is 0 Å². The number of primary amides is 1. The first-order valence-electron chi connectivity index (χ1n) is 25.5. The molecule has 4 N–H and O–H groups in total. The van der Waals surface area contributed by atoms with E-state index in [4.69, 9.17) is 15.6 Å². The van der Waals surface area contributed by atoms with Gasteiger partial charge in [0.25, 0.3) is 17.7 Å². The number of rotatable bonds is 9. The highest BCUT2D eigenvalue weighted by atomic mass is 16.5. The van der Waals surface area contributed by atoms with Crippen LogP contribution in [0.15, 0.2) is 72.8 Å². The van der Waals surface area contributed by atoms with Crippen LogP contribution >= 0.6 is 0 Å². The summed E-state index contributed by atoms with van der Waals surface area (Å²) in [6.07, 6.45) is 9.28. The molecule has 8 heterocycles.